The van der Waals surface area contributed by atoms with Crippen LogP contribution in [0.4, 0.5) is 5.69 Å². The molecule has 0 spiro atoms. The molecule has 0 unspecified atom stereocenters. The van der Waals surface area contributed by atoms with Gasteiger partial charge in [0, 0.05) is 12.4 Å². The van der Waals surface area contributed by atoms with Gasteiger partial charge in [0.05, 0.1) is 23.8 Å². The topological polar surface area (TPSA) is 102 Å². The number of carbonyl (C=O) groups is 2. The number of amides is 2. The number of anilines is 1. The van der Waals surface area contributed by atoms with E-state index in [1.165, 1.54) is 0 Å². The molecule has 0 aliphatic rings. The second kappa shape index (κ2) is 6.87. The van der Waals surface area contributed by atoms with E-state index in [0.29, 0.717) is 16.4 Å². The van der Waals surface area contributed by atoms with E-state index in [4.69, 9.17) is 17.3 Å². The Labute approximate surface area is 126 Å². The van der Waals surface area contributed by atoms with E-state index < -0.39 is 5.91 Å². The van der Waals surface area contributed by atoms with Crippen LogP contribution in [0.15, 0.2) is 36.7 Å². The third kappa shape index (κ3) is 3.80. The number of nitrogens with zero attached hydrogens (tertiary/aromatic N) is 2. The van der Waals surface area contributed by atoms with Crippen molar-refractivity contribution in [2.24, 2.45) is 5.73 Å². The molecule has 0 fully saturated rings. The lowest BCUT2D eigenvalue weighted by Gasteiger charge is -2.13. The highest BCUT2D eigenvalue weighted by molar-refractivity contribution is 6.33. The molecule has 2 rings (SSSR count). The van der Waals surface area contributed by atoms with E-state index in [1.807, 2.05) is 0 Å². The van der Waals surface area contributed by atoms with Gasteiger partial charge in [0.15, 0.2) is 0 Å². The minimum absolute atomic E-state index is 0.164. The molecule has 2 aromatic rings. The minimum atomic E-state index is -0.399. The molecule has 1 aromatic heterocycles. The fourth-order valence-corrected chi connectivity index (χ4v) is 1.96. The Morgan fingerprint density at radius 3 is 2.76 bits per heavy atom. The van der Waals surface area contributed by atoms with Crippen LogP contribution in [0.5, 0.6) is 0 Å². The zero-order chi connectivity index (χ0) is 15.2. The first-order valence-electron chi connectivity index (χ1n) is 6.17. The summed E-state index contributed by atoms with van der Waals surface area (Å²) in [6, 6.07) is 6.86. The number of aromatic nitrogens is 2. The van der Waals surface area contributed by atoms with Crippen molar-refractivity contribution in [1.29, 1.82) is 0 Å². The molecule has 21 heavy (non-hydrogen) atoms. The summed E-state index contributed by atoms with van der Waals surface area (Å²) < 4.78 is 1.55. The number of hydrogen-bond acceptors (Lipinski definition) is 4. The molecule has 0 atom stereocenters. The zero-order valence-corrected chi connectivity index (χ0v) is 11.8. The molecule has 2 amide bonds. The standard InChI is InChI=1S/C13H14ClN5O2/c14-9-3-1-4-10(13(9)19-6-2-5-17-19)18-12(21)8-16-11(20)7-15/h1-6H,7-8,15H2,(H,16,20)(H,18,21). The molecule has 110 valence electrons. The molecule has 8 heteroatoms. The van der Waals surface area contributed by atoms with Gasteiger partial charge in [-0.25, -0.2) is 4.68 Å². The van der Waals surface area contributed by atoms with Crippen molar-refractivity contribution < 1.29 is 9.59 Å². The molecule has 7 nitrogen and oxygen atoms in total. The number of rotatable bonds is 5. The maximum absolute atomic E-state index is 11.8. The van der Waals surface area contributed by atoms with Crippen LogP contribution in [0.1, 0.15) is 0 Å². The van der Waals surface area contributed by atoms with Gasteiger partial charge in [-0.3, -0.25) is 9.59 Å². The molecule has 0 saturated carbocycles. The van der Waals surface area contributed by atoms with Crippen molar-refractivity contribution >= 4 is 29.1 Å². The number of carbonyl (C=O) groups excluding carboxylic acids is 2. The number of hydrogen-bond donors (Lipinski definition) is 3. The number of nitrogens with two attached hydrogens (primary N) is 1. The van der Waals surface area contributed by atoms with Crippen molar-refractivity contribution in [2.45, 2.75) is 0 Å². The Hall–Kier alpha value is -2.38. The molecule has 4 N–H and O–H groups in total. The number of nitrogens with one attached hydrogen (secondary N) is 2. The van der Waals surface area contributed by atoms with Crippen molar-refractivity contribution in [3.8, 4) is 5.69 Å². The van der Waals surface area contributed by atoms with Crippen LogP contribution in [0.3, 0.4) is 0 Å². The Kier molecular flexibility index (Phi) is 4.91. The van der Waals surface area contributed by atoms with Gasteiger partial charge in [-0.2, -0.15) is 5.10 Å². The smallest absolute Gasteiger partial charge is 0.243 e. The van der Waals surface area contributed by atoms with Gasteiger partial charge in [0.2, 0.25) is 11.8 Å². The Morgan fingerprint density at radius 2 is 2.10 bits per heavy atom. The van der Waals surface area contributed by atoms with E-state index in [9.17, 15) is 9.59 Å². The molecule has 1 heterocycles. The third-order valence-electron chi connectivity index (χ3n) is 2.63. The molecule has 0 bridgehead atoms. The second-order valence-electron chi connectivity index (χ2n) is 4.12. The summed E-state index contributed by atoms with van der Waals surface area (Å²) in [6.07, 6.45) is 3.32. The number of halogens is 1. The molecule has 0 aliphatic carbocycles. The fourth-order valence-electron chi connectivity index (χ4n) is 1.70. The van der Waals surface area contributed by atoms with E-state index >= 15 is 0 Å². The van der Waals surface area contributed by atoms with E-state index in [-0.39, 0.29) is 19.0 Å². The van der Waals surface area contributed by atoms with Gasteiger partial charge in [-0.15, -0.1) is 0 Å². The summed E-state index contributed by atoms with van der Waals surface area (Å²) in [5.41, 5.74) is 6.20. The first-order valence-corrected chi connectivity index (χ1v) is 6.54. The fraction of sp³-hybridized carbons (Fsp3) is 0.154. The van der Waals surface area contributed by atoms with Crippen LogP contribution in [0, 0.1) is 0 Å². The van der Waals surface area contributed by atoms with Crippen molar-refractivity contribution in [2.75, 3.05) is 18.4 Å². The largest absolute Gasteiger partial charge is 0.346 e. The summed E-state index contributed by atoms with van der Waals surface area (Å²) in [4.78, 5) is 22.9. The summed E-state index contributed by atoms with van der Waals surface area (Å²) in [7, 11) is 0. The van der Waals surface area contributed by atoms with Crippen LogP contribution in [-0.4, -0.2) is 34.7 Å². The predicted octanol–water partition coefficient (Wildman–Crippen LogP) is 0.539. The van der Waals surface area contributed by atoms with Gasteiger partial charge >= 0.3 is 0 Å². The van der Waals surface area contributed by atoms with Gasteiger partial charge in [0.25, 0.3) is 0 Å². The highest BCUT2D eigenvalue weighted by Crippen LogP contribution is 2.27. The van der Waals surface area contributed by atoms with Gasteiger partial charge in [-0.1, -0.05) is 17.7 Å². The minimum Gasteiger partial charge on any atom is -0.346 e. The highest BCUT2D eigenvalue weighted by atomic mass is 35.5. The summed E-state index contributed by atoms with van der Waals surface area (Å²) in [5, 5.41) is 9.61. The Bertz CT molecular complexity index is 642. The predicted molar refractivity (Wildman–Crippen MR) is 79.3 cm³/mol. The monoisotopic (exact) mass is 307 g/mol. The second-order valence-corrected chi connectivity index (χ2v) is 4.52. The van der Waals surface area contributed by atoms with Gasteiger partial charge < -0.3 is 16.4 Å². The molecule has 0 saturated heterocycles. The summed E-state index contributed by atoms with van der Waals surface area (Å²) in [6.45, 7) is -0.329. The first kappa shape index (κ1) is 15.0. The van der Waals surface area contributed by atoms with Crippen LogP contribution < -0.4 is 16.4 Å². The van der Waals surface area contributed by atoms with Crippen molar-refractivity contribution in [1.82, 2.24) is 15.1 Å². The third-order valence-corrected chi connectivity index (χ3v) is 2.93. The summed E-state index contributed by atoms with van der Waals surface area (Å²) >= 11 is 6.16. The highest BCUT2D eigenvalue weighted by Gasteiger charge is 2.12. The summed E-state index contributed by atoms with van der Waals surface area (Å²) in [5.74, 6) is -0.781. The molecular formula is C13H14ClN5O2. The van der Waals surface area contributed by atoms with Crippen LogP contribution in [0.25, 0.3) is 5.69 Å². The Morgan fingerprint density at radius 1 is 1.29 bits per heavy atom. The van der Waals surface area contributed by atoms with E-state index in [2.05, 4.69) is 15.7 Å². The van der Waals surface area contributed by atoms with Gasteiger partial charge in [0.1, 0.15) is 5.69 Å². The first-order chi connectivity index (χ1) is 10.1. The maximum Gasteiger partial charge on any atom is 0.243 e. The van der Waals surface area contributed by atoms with Crippen LogP contribution in [-0.2, 0) is 9.59 Å². The lowest BCUT2D eigenvalue weighted by molar-refractivity contribution is -0.123. The molecule has 0 aliphatic heterocycles. The lowest BCUT2D eigenvalue weighted by atomic mass is 10.2. The quantitative estimate of drug-likeness (QED) is 0.750. The average Bonchev–Trinajstić information content (AvgIpc) is 2.98. The van der Waals surface area contributed by atoms with E-state index in [1.54, 1.807) is 41.3 Å². The molecule has 0 radical (unpaired) electrons. The molecule has 1 aromatic carbocycles. The Balaban J connectivity index is 2.15. The maximum atomic E-state index is 11.8. The zero-order valence-electron chi connectivity index (χ0n) is 11.0. The van der Waals surface area contributed by atoms with Gasteiger partial charge in [-0.05, 0) is 18.2 Å². The number of para-hydroxylation sites is 1. The SMILES string of the molecule is NCC(=O)NCC(=O)Nc1cccc(Cl)c1-n1cccn1. The van der Waals surface area contributed by atoms with E-state index in [0.717, 1.165) is 0 Å². The number of benzene rings is 1. The van der Waals surface area contributed by atoms with Crippen LogP contribution >= 0.6 is 11.6 Å². The van der Waals surface area contributed by atoms with Crippen LogP contribution in [0.2, 0.25) is 5.02 Å². The van der Waals surface area contributed by atoms with Crippen molar-refractivity contribution in [3.63, 3.8) is 0 Å². The molecular weight excluding hydrogens is 294 g/mol. The lowest BCUT2D eigenvalue weighted by Crippen LogP contribution is -2.36. The van der Waals surface area contributed by atoms with Crippen molar-refractivity contribution in [3.05, 3.63) is 41.7 Å². The normalized spacial score (nSPS) is 10.2. The average molecular weight is 308 g/mol.